The van der Waals surface area contributed by atoms with Gasteiger partial charge >= 0.3 is 0 Å². The maximum Gasteiger partial charge on any atom is 0.266 e. The zero-order valence-electron chi connectivity index (χ0n) is 18.8. The fourth-order valence-corrected chi connectivity index (χ4v) is 4.87. The number of amides is 1. The van der Waals surface area contributed by atoms with E-state index in [-0.39, 0.29) is 11.5 Å². The summed E-state index contributed by atoms with van der Waals surface area (Å²) in [5, 5.41) is 1.37. The monoisotopic (exact) mass is 495 g/mol. The molecule has 1 heterocycles. The minimum absolute atomic E-state index is 0.115. The van der Waals surface area contributed by atoms with Gasteiger partial charge in [-0.3, -0.25) is 14.2 Å². The Bertz CT molecular complexity index is 1420. The standard InChI is InChI=1S/C26H23ClFN3O2S/c1-3-30(4-2)24(32)18-11-12-22-23(14-18)29-26(34-16-17-7-5-8-19(27)13-17)31(25(22)33)21-10-6-9-20(28)15-21/h5-15H,3-4,16H2,1-2H3. The number of rotatable bonds is 7. The van der Waals surface area contributed by atoms with Gasteiger partial charge in [-0.25, -0.2) is 9.37 Å². The Morgan fingerprint density at radius 1 is 1.06 bits per heavy atom. The van der Waals surface area contributed by atoms with Crippen molar-refractivity contribution in [3.8, 4) is 5.69 Å². The number of carbonyl (C=O) groups is 1. The topological polar surface area (TPSA) is 55.2 Å². The molecule has 0 aliphatic carbocycles. The maximum atomic E-state index is 14.0. The van der Waals surface area contributed by atoms with Crippen LogP contribution in [0.4, 0.5) is 4.39 Å². The smallest absolute Gasteiger partial charge is 0.266 e. The van der Waals surface area contributed by atoms with Gasteiger partial charge in [-0.05, 0) is 67.9 Å². The Hall–Kier alpha value is -3.16. The summed E-state index contributed by atoms with van der Waals surface area (Å²) in [5.74, 6) is -0.0575. The molecule has 8 heteroatoms. The lowest BCUT2D eigenvalue weighted by Gasteiger charge is -2.19. The third-order valence-corrected chi connectivity index (χ3v) is 6.70. The summed E-state index contributed by atoms with van der Waals surface area (Å²) in [6.45, 7) is 5.01. The lowest BCUT2D eigenvalue weighted by molar-refractivity contribution is 0.0773. The van der Waals surface area contributed by atoms with Gasteiger partial charge in [-0.1, -0.05) is 41.6 Å². The highest BCUT2D eigenvalue weighted by molar-refractivity contribution is 7.98. The van der Waals surface area contributed by atoms with Crippen LogP contribution >= 0.6 is 23.4 Å². The first-order valence-corrected chi connectivity index (χ1v) is 12.3. The van der Waals surface area contributed by atoms with Crippen molar-refractivity contribution in [2.45, 2.75) is 24.8 Å². The Kier molecular flexibility index (Phi) is 7.34. The molecule has 0 saturated carbocycles. The lowest BCUT2D eigenvalue weighted by Crippen LogP contribution is -2.30. The predicted octanol–water partition coefficient (Wildman–Crippen LogP) is 5.95. The highest BCUT2D eigenvalue weighted by atomic mass is 35.5. The van der Waals surface area contributed by atoms with Crippen molar-refractivity contribution in [2.75, 3.05) is 13.1 Å². The van der Waals surface area contributed by atoms with E-state index < -0.39 is 5.82 Å². The molecule has 0 fully saturated rings. The summed E-state index contributed by atoms with van der Waals surface area (Å²) in [5.41, 5.74) is 1.91. The van der Waals surface area contributed by atoms with Crippen LogP contribution in [0.1, 0.15) is 29.8 Å². The SMILES string of the molecule is CCN(CC)C(=O)c1ccc2c(=O)n(-c3cccc(F)c3)c(SCc3cccc(Cl)c3)nc2c1. The summed E-state index contributed by atoms with van der Waals surface area (Å²) < 4.78 is 15.4. The summed E-state index contributed by atoms with van der Waals surface area (Å²) in [7, 11) is 0. The molecule has 4 rings (SSSR count). The number of hydrogen-bond donors (Lipinski definition) is 0. The lowest BCUT2D eigenvalue weighted by atomic mass is 10.1. The first kappa shape index (κ1) is 24.0. The first-order valence-electron chi connectivity index (χ1n) is 10.9. The second-order valence-corrected chi connectivity index (χ2v) is 9.02. The van der Waals surface area contributed by atoms with Gasteiger partial charge in [0.15, 0.2) is 5.16 Å². The van der Waals surface area contributed by atoms with E-state index in [2.05, 4.69) is 0 Å². The molecule has 0 saturated heterocycles. The van der Waals surface area contributed by atoms with E-state index in [1.54, 1.807) is 41.3 Å². The molecule has 174 valence electrons. The molecule has 1 amide bonds. The van der Waals surface area contributed by atoms with Crippen LogP contribution in [0.3, 0.4) is 0 Å². The van der Waals surface area contributed by atoms with Crippen LogP contribution in [0.2, 0.25) is 5.02 Å². The highest BCUT2D eigenvalue weighted by Crippen LogP contribution is 2.26. The molecule has 0 N–H and O–H groups in total. The summed E-state index contributed by atoms with van der Waals surface area (Å²) in [4.78, 5) is 32.8. The van der Waals surface area contributed by atoms with Crippen LogP contribution in [0.25, 0.3) is 16.6 Å². The number of thioether (sulfide) groups is 1. The van der Waals surface area contributed by atoms with E-state index in [9.17, 15) is 14.0 Å². The van der Waals surface area contributed by atoms with Gasteiger partial charge in [0.05, 0.1) is 16.6 Å². The summed E-state index contributed by atoms with van der Waals surface area (Å²) >= 11 is 7.46. The number of halogens is 2. The van der Waals surface area contributed by atoms with Crippen molar-refractivity contribution >= 4 is 40.2 Å². The van der Waals surface area contributed by atoms with Crippen LogP contribution < -0.4 is 5.56 Å². The van der Waals surface area contributed by atoms with Crippen molar-refractivity contribution in [3.63, 3.8) is 0 Å². The van der Waals surface area contributed by atoms with Crippen molar-refractivity contribution in [2.24, 2.45) is 0 Å². The van der Waals surface area contributed by atoms with Crippen LogP contribution in [0.15, 0.2) is 76.7 Å². The van der Waals surface area contributed by atoms with Crippen LogP contribution in [-0.4, -0.2) is 33.4 Å². The van der Waals surface area contributed by atoms with E-state index in [1.807, 2.05) is 32.0 Å². The van der Waals surface area contributed by atoms with E-state index in [1.165, 1.54) is 28.5 Å². The van der Waals surface area contributed by atoms with Crippen LogP contribution in [-0.2, 0) is 5.75 Å². The molecule has 0 bridgehead atoms. The second-order valence-electron chi connectivity index (χ2n) is 7.64. The largest absolute Gasteiger partial charge is 0.339 e. The minimum Gasteiger partial charge on any atom is -0.339 e. The van der Waals surface area contributed by atoms with Gasteiger partial charge in [0.25, 0.3) is 11.5 Å². The predicted molar refractivity (Wildman–Crippen MR) is 136 cm³/mol. The molecule has 0 atom stereocenters. The Morgan fingerprint density at radius 2 is 1.82 bits per heavy atom. The molecular weight excluding hydrogens is 473 g/mol. The molecule has 3 aromatic carbocycles. The van der Waals surface area contributed by atoms with Gasteiger partial charge in [-0.15, -0.1) is 0 Å². The zero-order valence-corrected chi connectivity index (χ0v) is 20.4. The average molecular weight is 496 g/mol. The number of nitrogens with zero attached hydrogens (tertiary/aromatic N) is 3. The van der Waals surface area contributed by atoms with E-state index in [0.29, 0.717) is 51.2 Å². The van der Waals surface area contributed by atoms with E-state index in [4.69, 9.17) is 16.6 Å². The minimum atomic E-state index is -0.449. The summed E-state index contributed by atoms with van der Waals surface area (Å²) in [6, 6.07) is 18.2. The fraction of sp³-hybridized carbons (Fsp3) is 0.192. The molecule has 4 aromatic rings. The van der Waals surface area contributed by atoms with Gasteiger partial charge in [-0.2, -0.15) is 0 Å². The van der Waals surface area contributed by atoms with Crippen molar-refractivity contribution in [1.29, 1.82) is 0 Å². The number of aromatic nitrogens is 2. The Labute approximate surface area is 206 Å². The van der Waals surface area contributed by atoms with Gasteiger partial charge in [0.1, 0.15) is 5.82 Å². The fourth-order valence-electron chi connectivity index (χ4n) is 3.71. The van der Waals surface area contributed by atoms with Crippen molar-refractivity contribution < 1.29 is 9.18 Å². The normalized spacial score (nSPS) is 11.1. The molecular formula is C26H23ClFN3O2S. The maximum absolute atomic E-state index is 14.0. The highest BCUT2D eigenvalue weighted by Gasteiger charge is 2.18. The molecule has 0 aliphatic heterocycles. The van der Waals surface area contributed by atoms with Gasteiger partial charge in [0, 0.05) is 29.4 Å². The molecule has 0 spiro atoms. The molecule has 0 radical (unpaired) electrons. The molecule has 1 aromatic heterocycles. The first-order chi connectivity index (χ1) is 16.4. The summed E-state index contributed by atoms with van der Waals surface area (Å²) in [6.07, 6.45) is 0. The molecule has 0 aliphatic rings. The van der Waals surface area contributed by atoms with Gasteiger partial charge in [0.2, 0.25) is 0 Å². The number of benzene rings is 3. The van der Waals surface area contributed by atoms with Crippen LogP contribution in [0.5, 0.6) is 0 Å². The van der Waals surface area contributed by atoms with Crippen LogP contribution in [0, 0.1) is 5.82 Å². The zero-order chi connectivity index (χ0) is 24.2. The third kappa shape index (κ3) is 5.00. The number of carbonyl (C=O) groups excluding carboxylic acids is 1. The molecule has 34 heavy (non-hydrogen) atoms. The Morgan fingerprint density at radius 3 is 2.53 bits per heavy atom. The quantitative estimate of drug-likeness (QED) is 0.235. The van der Waals surface area contributed by atoms with Gasteiger partial charge < -0.3 is 4.90 Å². The second kappa shape index (κ2) is 10.4. The third-order valence-electron chi connectivity index (χ3n) is 5.46. The van der Waals surface area contributed by atoms with Crippen molar-refractivity contribution in [3.05, 3.63) is 99.1 Å². The number of fused-ring (bicyclic) bond motifs is 1. The van der Waals surface area contributed by atoms with E-state index >= 15 is 0 Å². The molecule has 0 unspecified atom stereocenters. The van der Waals surface area contributed by atoms with E-state index in [0.717, 1.165) is 5.56 Å². The van der Waals surface area contributed by atoms with Crippen molar-refractivity contribution in [1.82, 2.24) is 14.5 Å². The average Bonchev–Trinajstić information content (AvgIpc) is 2.83. The Balaban J connectivity index is 1.85. The molecule has 5 nitrogen and oxygen atoms in total. The number of hydrogen-bond acceptors (Lipinski definition) is 4.